The third-order valence-electron chi connectivity index (χ3n) is 13.2. The maximum Gasteiger partial charge on any atom is 0.319 e. The van der Waals surface area contributed by atoms with Crippen molar-refractivity contribution in [1.29, 1.82) is 0 Å². The van der Waals surface area contributed by atoms with Crippen molar-refractivity contribution >= 4 is 47.3 Å². The minimum atomic E-state index is -0.881. The summed E-state index contributed by atoms with van der Waals surface area (Å²) in [5.74, 6) is -2.52. The molecule has 3 heterocycles. The van der Waals surface area contributed by atoms with Crippen molar-refractivity contribution in [3.05, 3.63) is 59.7 Å². The number of hydrogen-bond acceptors (Lipinski definition) is 8. The monoisotopic (exact) mass is 940 g/mol. The Morgan fingerprint density at radius 1 is 0.582 bits per heavy atom. The molecule has 0 aromatic heterocycles. The average Bonchev–Trinajstić information content (AvgIpc) is 3.87. The van der Waals surface area contributed by atoms with Crippen LogP contribution >= 0.6 is 0 Å². The van der Waals surface area contributed by atoms with E-state index in [0.29, 0.717) is 38.4 Å². The van der Waals surface area contributed by atoms with E-state index in [1.54, 1.807) is 0 Å². The van der Waals surface area contributed by atoms with Crippen molar-refractivity contribution in [2.24, 2.45) is 10.8 Å². The fourth-order valence-electron chi connectivity index (χ4n) is 9.56. The number of ether oxygens (including phenoxy) is 1. The van der Waals surface area contributed by atoms with Crippen LogP contribution in [-0.2, 0) is 23.9 Å². The highest BCUT2D eigenvalue weighted by Gasteiger charge is 2.39. The van der Waals surface area contributed by atoms with Gasteiger partial charge in [-0.25, -0.2) is 9.59 Å². The molecule has 7 rings (SSSR count). The Bertz CT molecular complexity index is 1790. The molecule has 0 bridgehead atoms. The lowest BCUT2D eigenvalue weighted by Crippen LogP contribution is -2.48. The van der Waals surface area contributed by atoms with Gasteiger partial charge in [0, 0.05) is 57.6 Å². The number of amides is 5. The SMILES string of the molecule is C.C1CCOC1.Cc1ccc(NC(=O)NC2CCN(C(=O)CC3(CC(=O)O)CCCCC3)CC2)cc1.Cc1ccc(NC(=O)NC2CCNCC2)cc1.O=C(O)CC1(CC(=O)O)CCCCC1.[2HH]. The van der Waals surface area contributed by atoms with Crippen LogP contribution in [0.1, 0.15) is 148 Å². The number of carbonyl (C=O) groups excluding carboxylic acids is 3. The molecule has 0 unspecified atom stereocenters. The van der Waals surface area contributed by atoms with Gasteiger partial charge < -0.3 is 51.5 Å². The molecule has 3 aliphatic heterocycles. The number of aliphatic carboxylic acids is 3. The quantitative estimate of drug-likeness (QED) is 0.0998. The number of rotatable bonds is 12. The molecule has 2 aliphatic carbocycles. The molecule has 5 amide bonds. The summed E-state index contributed by atoms with van der Waals surface area (Å²) in [6.07, 6.45) is 15.6. The normalized spacial score (nSPS) is 18.8. The predicted octanol–water partition coefficient (Wildman–Crippen LogP) is 9.36. The molecule has 5 fully saturated rings. The summed E-state index contributed by atoms with van der Waals surface area (Å²) in [5.41, 5.74) is 3.05. The number of carbonyl (C=O) groups is 6. The van der Waals surface area contributed by atoms with E-state index >= 15 is 0 Å². The Kier molecular flexibility index (Phi) is 24.7. The average molecular weight is 940 g/mol. The number of piperidine rings is 2. The molecular formula is C51H82N6O10. The van der Waals surface area contributed by atoms with Crippen LogP contribution in [0.2, 0.25) is 0 Å². The smallest absolute Gasteiger partial charge is 0.319 e. The molecule has 16 nitrogen and oxygen atoms in total. The van der Waals surface area contributed by atoms with Crippen molar-refractivity contribution in [1.82, 2.24) is 20.9 Å². The van der Waals surface area contributed by atoms with Crippen molar-refractivity contribution in [3.8, 4) is 0 Å². The van der Waals surface area contributed by atoms with Crippen LogP contribution in [0, 0.1) is 24.7 Å². The number of aryl methyl sites for hydroxylation is 2. The number of carboxylic acid groups (broad SMARTS) is 3. The van der Waals surface area contributed by atoms with Crippen LogP contribution in [-0.4, -0.2) is 108 Å². The predicted molar refractivity (Wildman–Crippen MR) is 263 cm³/mol. The highest BCUT2D eigenvalue weighted by atomic mass is 16.5. The zero-order valence-corrected chi connectivity index (χ0v) is 39.3. The number of benzene rings is 2. The Morgan fingerprint density at radius 3 is 1.31 bits per heavy atom. The lowest BCUT2D eigenvalue weighted by Gasteiger charge is -2.39. The molecule has 5 aliphatic rings. The van der Waals surface area contributed by atoms with Gasteiger partial charge in [-0.3, -0.25) is 19.2 Å². The van der Waals surface area contributed by atoms with Crippen LogP contribution < -0.4 is 26.6 Å². The van der Waals surface area contributed by atoms with Gasteiger partial charge in [-0.2, -0.15) is 0 Å². The number of urea groups is 2. The third-order valence-corrected chi connectivity index (χ3v) is 13.2. The Hall–Kier alpha value is -5.22. The number of nitrogens with zero attached hydrogens (tertiary/aromatic N) is 1. The van der Waals surface area contributed by atoms with Gasteiger partial charge in [0.05, 0.1) is 19.3 Å². The Morgan fingerprint density at radius 2 is 0.955 bits per heavy atom. The first-order valence-corrected chi connectivity index (χ1v) is 24.1. The van der Waals surface area contributed by atoms with Gasteiger partial charge in [0.15, 0.2) is 0 Å². The summed E-state index contributed by atoms with van der Waals surface area (Å²) in [4.78, 5) is 71.4. The van der Waals surface area contributed by atoms with Crippen molar-refractivity contribution in [2.75, 3.05) is 50.0 Å². The van der Waals surface area contributed by atoms with E-state index in [-0.39, 0.29) is 57.5 Å². The lowest BCUT2D eigenvalue weighted by molar-refractivity contribution is -0.146. The molecule has 0 spiro atoms. The number of carboxylic acids is 3. The van der Waals surface area contributed by atoms with Gasteiger partial charge in [-0.15, -0.1) is 0 Å². The van der Waals surface area contributed by atoms with E-state index in [1.165, 1.54) is 18.4 Å². The largest absolute Gasteiger partial charge is 0.481 e. The molecule has 0 radical (unpaired) electrons. The molecular weight excluding hydrogens is 857 g/mol. The second-order valence-corrected chi connectivity index (χ2v) is 18.9. The van der Waals surface area contributed by atoms with E-state index in [4.69, 9.17) is 14.9 Å². The number of anilines is 2. The Labute approximate surface area is 399 Å². The maximum absolute atomic E-state index is 12.9. The molecule has 376 valence electrons. The molecule has 2 aromatic rings. The van der Waals surface area contributed by atoms with Crippen LogP contribution in [0.15, 0.2) is 48.5 Å². The van der Waals surface area contributed by atoms with Gasteiger partial charge in [-0.05, 0) is 126 Å². The zero-order valence-electron chi connectivity index (χ0n) is 39.3. The fourth-order valence-corrected chi connectivity index (χ4v) is 9.56. The summed E-state index contributed by atoms with van der Waals surface area (Å²) < 4.78 is 4.94. The maximum atomic E-state index is 12.9. The van der Waals surface area contributed by atoms with Gasteiger partial charge in [-0.1, -0.05) is 81.3 Å². The molecule has 2 saturated carbocycles. The van der Waals surface area contributed by atoms with Crippen LogP contribution in [0.3, 0.4) is 0 Å². The molecule has 16 heteroatoms. The van der Waals surface area contributed by atoms with Crippen LogP contribution in [0.5, 0.6) is 0 Å². The van der Waals surface area contributed by atoms with E-state index in [2.05, 4.69) is 26.6 Å². The number of hydrogen-bond donors (Lipinski definition) is 8. The zero-order chi connectivity index (χ0) is 47.8. The van der Waals surface area contributed by atoms with E-state index < -0.39 is 23.3 Å². The standard InChI is InChI=1S/C23H33N3O4.C13H19N3O.C10H16O4.C4H8O.CH4.H2/c1-17-5-7-18(8-6-17)24-22(30)25-19-9-13-26(14-10-19)20(27)15-23(16-21(28)29)11-3-2-4-12-23;1-10-2-4-11(5-3-10)15-13(17)16-12-6-8-14-9-7-12;11-8(12)6-10(7-9(13)14)4-2-1-3-5-10;1-2-4-5-3-1;;/h5-8,19H,2-4,9-16H2,1H3,(H,28,29)(H2,24,25,30);2-5,12,14H,6-9H2,1H3,(H2,15,16,17);1-7H2,(H,11,12)(H,13,14);1-4H2;1H4;1H/i;;;;;1+1. The Balaban J connectivity index is 0.000000353. The summed E-state index contributed by atoms with van der Waals surface area (Å²) in [5, 5.41) is 41.8. The van der Waals surface area contributed by atoms with E-state index in [1.807, 2.05) is 67.3 Å². The van der Waals surface area contributed by atoms with Crippen molar-refractivity contribution < 1.29 is 50.3 Å². The first-order valence-electron chi connectivity index (χ1n) is 24.1. The first kappa shape index (κ1) is 56.1. The summed E-state index contributed by atoms with van der Waals surface area (Å²) in [7, 11) is 0. The van der Waals surface area contributed by atoms with Crippen LogP contribution in [0.25, 0.3) is 0 Å². The molecule has 3 saturated heterocycles. The van der Waals surface area contributed by atoms with Gasteiger partial charge in [0.25, 0.3) is 0 Å². The minimum Gasteiger partial charge on any atom is -0.481 e. The van der Waals surface area contributed by atoms with Gasteiger partial charge >= 0.3 is 30.0 Å². The lowest BCUT2D eigenvalue weighted by atomic mass is 9.69. The third kappa shape index (κ3) is 22.0. The second-order valence-electron chi connectivity index (χ2n) is 18.9. The first-order chi connectivity index (χ1) is 31.6. The van der Waals surface area contributed by atoms with E-state index in [9.17, 15) is 33.9 Å². The minimum absolute atomic E-state index is 0. The van der Waals surface area contributed by atoms with Crippen molar-refractivity contribution in [3.63, 3.8) is 0 Å². The van der Waals surface area contributed by atoms with Crippen molar-refractivity contribution in [2.45, 2.75) is 162 Å². The van der Waals surface area contributed by atoms with Gasteiger partial charge in [0.2, 0.25) is 5.91 Å². The topological polar surface area (TPSA) is 236 Å². The summed E-state index contributed by atoms with van der Waals surface area (Å²) in [6, 6.07) is 15.4. The second kappa shape index (κ2) is 29.5. The highest BCUT2D eigenvalue weighted by molar-refractivity contribution is 5.90. The van der Waals surface area contributed by atoms with E-state index in [0.717, 1.165) is 120 Å². The fraction of sp³-hybridized carbons (Fsp3) is 0.647. The number of likely N-dealkylation sites (tertiary alicyclic amines) is 1. The van der Waals surface area contributed by atoms with Gasteiger partial charge in [0.1, 0.15) is 0 Å². The van der Waals surface area contributed by atoms with Crippen LogP contribution in [0.4, 0.5) is 21.0 Å². The summed E-state index contributed by atoms with van der Waals surface area (Å²) in [6.45, 7) is 9.18. The number of nitrogens with one attached hydrogen (secondary N) is 5. The molecule has 0 atom stereocenters. The molecule has 2 aromatic carbocycles. The summed E-state index contributed by atoms with van der Waals surface area (Å²) >= 11 is 0. The highest BCUT2D eigenvalue weighted by Crippen LogP contribution is 2.43. The molecule has 8 N–H and O–H groups in total. The molecule has 67 heavy (non-hydrogen) atoms.